The van der Waals surface area contributed by atoms with E-state index in [1.807, 2.05) is 0 Å². The summed E-state index contributed by atoms with van der Waals surface area (Å²) in [4.78, 5) is 26.5. The molecule has 7 nitrogen and oxygen atoms in total. The number of rotatable bonds is 7. The second-order valence-electron chi connectivity index (χ2n) is 9.22. The quantitative estimate of drug-likeness (QED) is 0.381. The Labute approximate surface area is 208 Å². The number of pyridine rings is 2. The molecule has 0 saturated heterocycles. The first kappa shape index (κ1) is 24.7. The van der Waals surface area contributed by atoms with Gasteiger partial charge in [-0.1, -0.05) is 12.2 Å². The molecule has 0 radical (unpaired) electrons. The first-order valence-corrected chi connectivity index (χ1v) is 11.6. The van der Waals surface area contributed by atoms with E-state index in [0.717, 1.165) is 11.6 Å². The first-order valence-electron chi connectivity index (χ1n) is 11.6. The van der Waals surface area contributed by atoms with Crippen LogP contribution in [0.1, 0.15) is 36.9 Å². The van der Waals surface area contributed by atoms with Crippen LogP contribution in [-0.4, -0.2) is 43.8 Å². The molecule has 0 amide bonds. The van der Waals surface area contributed by atoms with Crippen LogP contribution in [0.2, 0.25) is 0 Å². The highest BCUT2D eigenvalue weighted by Gasteiger charge is 2.51. The number of nitrogens with zero attached hydrogens (tertiary/aromatic N) is 3. The van der Waals surface area contributed by atoms with Crippen LogP contribution >= 0.6 is 0 Å². The highest BCUT2D eigenvalue weighted by atomic mass is 19.4. The number of hydrogen-bond acceptors (Lipinski definition) is 5. The van der Waals surface area contributed by atoms with Crippen LogP contribution < -0.4 is 4.74 Å². The molecule has 0 unspecified atom stereocenters. The van der Waals surface area contributed by atoms with Crippen molar-refractivity contribution in [3.63, 3.8) is 0 Å². The zero-order valence-corrected chi connectivity index (χ0v) is 19.7. The number of carbonyl (C=O) groups is 1. The standard InChI is InChI=1S/C26H22F4N4O3/c1-14-8-21(37-13-25(6-7-25)24(35)36)31-11-17(14)15-9-19(27)22(32-10-15)23-33-12-20(34-23)16-4-2-3-5-18(16)26(28,29)30/h4-5,8-12H,2-3,6-7,13H2,1H3,(H,33,34)(H,35,36). The fourth-order valence-electron chi connectivity index (χ4n) is 4.23. The lowest BCUT2D eigenvalue weighted by molar-refractivity contribution is -0.144. The van der Waals surface area contributed by atoms with Crippen LogP contribution in [0.4, 0.5) is 17.6 Å². The molecular weight excluding hydrogens is 492 g/mol. The van der Waals surface area contributed by atoms with E-state index in [1.165, 1.54) is 30.7 Å². The van der Waals surface area contributed by atoms with Gasteiger partial charge in [-0.25, -0.2) is 19.3 Å². The zero-order chi connectivity index (χ0) is 26.4. The average molecular weight is 514 g/mol. The molecule has 2 N–H and O–H groups in total. The number of imidazole rings is 1. The third-order valence-electron chi connectivity index (χ3n) is 6.59. The Morgan fingerprint density at radius 1 is 1.11 bits per heavy atom. The molecule has 0 aliphatic heterocycles. The highest BCUT2D eigenvalue weighted by Crippen LogP contribution is 2.46. The van der Waals surface area contributed by atoms with Gasteiger partial charge in [-0.2, -0.15) is 13.2 Å². The van der Waals surface area contributed by atoms with Crippen molar-refractivity contribution in [1.29, 1.82) is 0 Å². The molecule has 1 saturated carbocycles. The van der Waals surface area contributed by atoms with E-state index >= 15 is 4.39 Å². The number of aromatic amines is 1. The number of nitrogens with one attached hydrogen (secondary N) is 1. The number of alkyl halides is 3. The summed E-state index contributed by atoms with van der Waals surface area (Å²) in [5.74, 6) is -1.32. The summed E-state index contributed by atoms with van der Waals surface area (Å²) in [6.45, 7) is 1.81. The molecule has 2 aliphatic rings. The minimum absolute atomic E-state index is 0.0121. The summed E-state index contributed by atoms with van der Waals surface area (Å²) >= 11 is 0. The Bertz CT molecular complexity index is 1440. The molecule has 37 heavy (non-hydrogen) atoms. The van der Waals surface area contributed by atoms with E-state index in [1.54, 1.807) is 13.0 Å². The molecule has 0 bridgehead atoms. The number of allylic oxidation sites excluding steroid dienone is 4. The molecule has 3 aromatic heterocycles. The fourth-order valence-corrected chi connectivity index (χ4v) is 4.23. The maximum absolute atomic E-state index is 15.1. The monoisotopic (exact) mass is 514 g/mol. The van der Waals surface area contributed by atoms with E-state index in [2.05, 4.69) is 19.9 Å². The predicted molar refractivity (Wildman–Crippen MR) is 126 cm³/mol. The lowest BCUT2D eigenvalue weighted by Gasteiger charge is -2.17. The topological polar surface area (TPSA) is 101 Å². The summed E-state index contributed by atoms with van der Waals surface area (Å²) in [6.07, 6.45) is 4.16. The maximum Gasteiger partial charge on any atom is 0.416 e. The summed E-state index contributed by atoms with van der Waals surface area (Å²) < 4.78 is 60.9. The number of aromatic nitrogens is 4. The van der Waals surface area contributed by atoms with E-state index in [0.29, 0.717) is 36.8 Å². The van der Waals surface area contributed by atoms with Gasteiger partial charge in [-0.05, 0) is 44.2 Å². The number of carboxylic acids is 1. The number of hydrogen-bond donors (Lipinski definition) is 2. The number of aliphatic carboxylic acids is 1. The van der Waals surface area contributed by atoms with Crippen LogP contribution in [-0.2, 0) is 4.79 Å². The fraction of sp³-hybridized carbons (Fsp3) is 0.308. The number of halogens is 4. The lowest BCUT2D eigenvalue weighted by Crippen LogP contribution is -2.23. The van der Waals surface area contributed by atoms with E-state index < -0.39 is 29.0 Å². The number of H-pyrrole nitrogens is 1. The molecule has 1 fully saturated rings. The molecule has 3 aromatic rings. The van der Waals surface area contributed by atoms with Gasteiger partial charge < -0.3 is 14.8 Å². The molecule has 3 heterocycles. The molecule has 0 atom stereocenters. The Balaban J connectivity index is 1.35. The van der Waals surface area contributed by atoms with Crippen molar-refractivity contribution in [2.75, 3.05) is 6.61 Å². The van der Waals surface area contributed by atoms with Gasteiger partial charge in [0.25, 0.3) is 0 Å². The van der Waals surface area contributed by atoms with E-state index in [4.69, 9.17) is 4.74 Å². The molecule has 2 aliphatic carbocycles. The number of carboxylic acid groups (broad SMARTS) is 1. The SMILES string of the molecule is Cc1cc(OCC2(C(=O)O)CC2)ncc1-c1cnc(-c2ncc(C3=CCCC=C3C(F)(F)F)[nH]2)c(F)c1. The van der Waals surface area contributed by atoms with Crippen LogP contribution in [0.5, 0.6) is 5.88 Å². The number of aryl methyl sites for hydroxylation is 1. The Morgan fingerprint density at radius 2 is 1.86 bits per heavy atom. The summed E-state index contributed by atoms with van der Waals surface area (Å²) in [5.41, 5.74) is 0.144. The normalized spacial score (nSPS) is 16.7. The third kappa shape index (κ3) is 4.85. The Morgan fingerprint density at radius 3 is 2.51 bits per heavy atom. The minimum Gasteiger partial charge on any atom is -0.481 e. The van der Waals surface area contributed by atoms with Crippen molar-refractivity contribution in [1.82, 2.24) is 19.9 Å². The van der Waals surface area contributed by atoms with Gasteiger partial charge in [0, 0.05) is 35.2 Å². The van der Waals surface area contributed by atoms with Gasteiger partial charge in [0.15, 0.2) is 11.6 Å². The largest absolute Gasteiger partial charge is 0.481 e. The van der Waals surface area contributed by atoms with Crippen LogP contribution in [0.15, 0.2) is 48.4 Å². The van der Waals surface area contributed by atoms with E-state index in [9.17, 15) is 23.1 Å². The predicted octanol–water partition coefficient (Wildman–Crippen LogP) is 5.89. The average Bonchev–Trinajstić information content (AvgIpc) is 3.51. The highest BCUT2D eigenvalue weighted by molar-refractivity contribution is 5.80. The molecule has 192 valence electrons. The van der Waals surface area contributed by atoms with Gasteiger partial charge in [-0.3, -0.25) is 4.79 Å². The van der Waals surface area contributed by atoms with Crippen molar-refractivity contribution >= 4 is 11.5 Å². The van der Waals surface area contributed by atoms with Gasteiger partial charge >= 0.3 is 12.1 Å². The first-order chi connectivity index (χ1) is 17.6. The van der Waals surface area contributed by atoms with Crippen molar-refractivity contribution in [2.24, 2.45) is 5.41 Å². The van der Waals surface area contributed by atoms with E-state index in [-0.39, 0.29) is 35.3 Å². The minimum atomic E-state index is -4.51. The molecular formula is C26H22F4N4O3. The van der Waals surface area contributed by atoms with Gasteiger partial charge in [-0.15, -0.1) is 0 Å². The van der Waals surface area contributed by atoms with Crippen molar-refractivity contribution in [3.8, 4) is 28.5 Å². The smallest absolute Gasteiger partial charge is 0.416 e. The van der Waals surface area contributed by atoms with Gasteiger partial charge in [0.2, 0.25) is 5.88 Å². The zero-order valence-electron chi connectivity index (χ0n) is 19.7. The molecule has 0 aromatic carbocycles. The summed E-state index contributed by atoms with van der Waals surface area (Å²) in [5, 5.41) is 9.27. The number of ether oxygens (including phenoxy) is 1. The van der Waals surface area contributed by atoms with Gasteiger partial charge in [0.05, 0.1) is 17.5 Å². The molecule has 5 rings (SSSR count). The Hall–Kier alpha value is -4.02. The van der Waals surface area contributed by atoms with Crippen molar-refractivity contribution in [2.45, 2.75) is 38.8 Å². The third-order valence-corrected chi connectivity index (χ3v) is 6.59. The second-order valence-corrected chi connectivity index (χ2v) is 9.22. The van der Waals surface area contributed by atoms with Crippen molar-refractivity contribution in [3.05, 3.63) is 65.5 Å². The molecule has 0 spiro atoms. The van der Waals surface area contributed by atoms with Crippen LogP contribution in [0, 0.1) is 18.2 Å². The summed E-state index contributed by atoms with van der Waals surface area (Å²) in [7, 11) is 0. The Kier molecular flexibility index (Phi) is 6.09. The lowest BCUT2D eigenvalue weighted by atomic mass is 9.95. The van der Waals surface area contributed by atoms with Gasteiger partial charge in [0.1, 0.15) is 17.7 Å². The maximum atomic E-state index is 15.1. The van der Waals surface area contributed by atoms with Crippen LogP contribution in [0.25, 0.3) is 28.2 Å². The second kappa shape index (κ2) is 9.13. The summed E-state index contributed by atoms with van der Waals surface area (Å²) in [6, 6.07) is 2.89. The van der Waals surface area contributed by atoms with Crippen molar-refractivity contribution < 1.29 is 32.2 Å². The molecule has 11 heteroatoms. The van der Waals surface area contributed by atoms with Crippen LogP contribution in [0.3, 0.4) is 0 Å².